The monoisotopic (exact) mass is 238 g/mol. The van der Waals surface area contributed by atoms with Gasteiger partial charge in [-0.25, -0.2) is 0 Å². The normalized spacial score (nSPS) is 39.7. The Morgan fingerprint density at radius 1 is 1.29 bits per heavy atom. The summed E-state index contributed by atoms with van der Waals surface area (Å²) in [4.78, 5) is 2.75. The van der Waals surface area contributed by atoms with Gasteiger partial charge in [0.05, 0.1) is 0 Å². The second kappa shape index (κ2) is 5.71. The lowest BCUT2D eigenvalue weighted by Gasteiger charge is -2.43. The largest absolute Gasteiger partial charge is 0.310 e. The van der Waals surface area contributed by atoms with Crippen molar-refractivity contribution in [3.63, 3.8) is 0 Å². The molecule has 0 aromatic carbocycles. The van der Waals surface area contributed by atoms with Crippen molar-refractivity contribution in [2.24, 2.45) is 5.92 Å². The Balaban J connectivity index is 1.97. The topological polar surface area (TPSA) is 15.3 Å². The average Bonchev–Trinajstić information content (AvgIpc) is 2.74. The molecule has 0 aliphatic carbocycles. The number of likely N-dealkylation sites (tertiary alicyclic amines) is 1. The quantitative estimate of drug-likeness (QED) is 0.810. The lowest BCUT2D eigenvalue weighted by atomic mass is 9.87. The van der Waals surface area contributed by atoms with E-state index in [4.69, 9.17) is 0 Å². The molecule has 2 nitrogen and oxygen atoms in total. The van der Waals surface area contributed by atoms with Crippen molar-refractivity contribution in [1.29, 1.82) is 0 Å². The molecule has 3 unspecified atom stereocenters. The summed E-state index contributed by atoms with van der Waals surface area (Å²) in [5.74, 6) is 0.879. The number of nitrogens with one attached hydrogen (secondary N) is 1. The summed E-state index contributed by atoms with van der Waals surface area (Å²) < 4.78 is 0. The first-order chi connectivity index (χ1) is 8.17. The molecule has 0 saturated carbocycles. The van der Waals surface area contributed by atoms with Crippen LogP contribution in [0.5, 0.6) is 0 Å². The second-order valence-corrected chi connectivity index (χ2v) is 6.39. The summed E-state index contributed by atoms with van der Waals surface area (Å²) in [6.07, 6.45) is 8.24. The summed E-state index contributed by atoms with van der Waals surface area (Å²) in [7, 11) is 0. The Kier molecular flexibility index (Phi) is 4.48. The van der Waals surface area contributed by atoms with Gasteiger partial charge >= 0.3 is 0 Å². The van der Waals surface area contributed by atoms with Crippen LogP contribution in [0.25, 0.3) is 0 Å². The van der Waals surface area contributed by atoms with E-state index in [1.165, 1.54) is 58.2 Å². The third-order valence-corrected chi connectivity index (χ3v) is 5.07. The number of piperidine rings is 1. The smallest absolute Gasteiger partial charge is 0.0309 e. The zero-order valence-corrected chi connectivity index (χ0v) is 12.0. The predicted octanol–water partition coefficient (Wildman–Crippen LogP) is 3.03. The summed E-state index contributed by atoms with van der Waals surface area (Å²) in [5, 5.41) is 3.81. The van der Waals surface area contributed by atoms with Gasteiger partial charge in [0.25, 0.3) is 0 Å². The summed E-state index contributed by atoms with van der Waals surface area (Å²) in [5.41, 5.74) is 0.445. The van der Waals surface area contributed by atoms with Crippen LogP contribution < -0.4 is 5.32 Å². The highest BCUT2D eigenvalue weighted by atomic mass is 15.2. The van der Waals surface area contributed by atoms with Gasteiger partial charge in [-0.3, -0.25) is 4.90 Å². The summed E-state index contributed by atoms with van der Waals surface area (Å²) in [6, 6.07) is 0.778. The maximum atomic E-state index is 3.81. The Bertz CT molecular complexity index is 233. The maximum absolute atomic E-state index is 3.81. The van der Waals surface area contributed by atoms with Crippen molar-refractivity contribution in [2.75, 3.05) is 19.6 Å². The van der Waals surface area contributed by atoms with Crippen LogP contribution in [0.3, 0.4) is 0 Å². The molecule has 0 bridgehead atoms. The highest BCUT2D eigenvalue weighted by Crippen LogP contribution is 2.30. The van der Waals surface area contributed by atoms with Gasteiger partial charge in [0, 0.05) is 18.1 Å². The molecule has 0 amide bonds. The van der Waals surface area contributed by atoms with Gasteiger partial charge in [0.15, 0.2) is 0 Å². The van der Waals surface area contributed by atoms with Crippen LogP contribution in [0.2, 0.25) is 0 Å². The SMILES string of the molecule is CCCC1(CN2CCCC(C)C2C)CCCN1. The molecule has 3 atom stereocenters. The van der Waals surface area contributed by atoms with Gasteiger partial charge in [0.2, 0.25) is 0 Å². The van der Waals surface area contributed by atoms with Crippen molar-refractivity contribution in [1.82, 2.24) is 10.2 Å². The molecule has 0 aromatic heterocycles. The molecule has 2 saturated heterocycles. The van der Waals surface area contributed by atoms with Gasteiger partial charge in [-0.1, -0.05) is 20.3 Å². The molecule has 0 aromatic rings. The zero-order chi connectivity index (χ0) is 12.3. The lowest BCUT2D eigenvalue weighted by Crippen LogP contribution is -2.54. The Morgan fingerprint density at radius 2 is 2.12 bits per heavy atom. The number of nitrogens with zero attached hydrogens (tertiary/aromatic N) is 1. The van der Waals surface area contributed by atoms with Crippen molar-refractivity contribution < 1.29 is 0 Å². The molecule has 17 heavy (non-hydrogen) atoms. The minimum atomic E-state index is 0.445. The Morgan fingerprint density at radius 3 is 2.76 bits per heavy atom. The van der Waals surface area contributed by atoms with Gasteiger partial charge < -0.3 is 5.32 Å². The molecular weight excluding hydrogens is 208 g/mol. The number of rotatable bonds is 4. The minimum absolute atomic E-state index is 0.445. The third-order valence-electron chi connectivity index (χ3n) is 5.07. The van der Waals surface area contributed by atoms with Gasteiger partial charge in [0.1, 0.15) is 0 Å². The predicted molar refractivity (Wildman–Crippen MR) is 74.3 cm³/mol. The van der Waals surface area contributed by atoms with E-state index < -0.39 is 0 Å². The Hall–Kier alpha value is -0.0800. The average molecular weight is 238 g/mol. The molecule has 100 valence electrons. The van der Waals surface area contributed by atoms with E-state index >= 15 is 0 Å². The van der Waals surface area contributed by atoms with Crippen LogP contribution >= 0.6 is 0 Å². The summed E-state index contributed by atoms with van der Waals surface area (Å²) in [6.45, 7) is 11.0. The van der Waals surface area contributed by atoms with Crippen LogP contribution in [-0.2, 0) is 0 Å². The van der Waals surface area contributed by atoms with E-state index in [-0.39, 0.29) is 0 Å². The van der Waals surface area contributed by atoms with Gasteiger partial charge in [-0.05, 0) is 58.0 Å². The highest BCUT2D eigenvalue weighted by molar-refractivity contribution is 4.97. The number of hydrogen-bond acceptors (Lipinski definition) is 2. The molecule has 2 aliphatic rings. The van der Waals surface area contributed by atoms with Crippen molar-refractivity contribution in [2.45, 2.75) is 70.9 Å². The number of hydrogen-bond donors (Lipinski definition) is 1. The molecule has 2 aliphatic heterocycles. The van der Waals surface area contributed by atoms with Crippen LogP contribution in [0.15, 0.2) is 0 Å². The Labute approximate surface area is 107 Å². The first-order valence-corrected chi connectivity index (χ1v) is 7.66. The first-order valence-electron chi connectivity index (χ1n) is 7.66. The maximum Gasteiger partial charge on any atom is 0.0309 e. The standard InChI is InChI=1S/C15H30N2/c1-4-8-15(9-6-10-16-15)12-17-11-5-7-13(2)14(17)3/h13-14,16H,4-12H2,1-3H3. The van der Waals surface area contributed by atoms with Crippen molar-refractivity contribution >= 4 is 0 Å². The van der Waals surface area contributed by atoms with E-state index in [1.807, 2.05) is 0 Å². The van der Waals surface area contributed by atoms with Gasteiger partial charge in [-0.2, -0.15) is 0 Å². The third kappa shape index (κ3) is 3.03. The van der Waals surface area contributed by atoms with E-state index in [0.29, 0.717) is 5.54 Å². The lowest BCUT2D eigenvalue weighted by molar-refractivity contribution is 0.0780. The molecule has 0 radical (unpaired) electrons. The van der Waals surface area contributed by atoms with E-state index in [9.17, 15) is 0 Å². The molecule has 2 heteroatoms. The van der Waals surface area contributed by atoms with Crippen molar-refractivity contribution in [3.8, 4) is 0 Å². The second-order valence-electron chi connectivity index (χ2n) is 6.39. The molecule has 1 N–H and O–H groups in total. The van der Waals surface area contributed by atoms with Crippen molar-refractivity contribution in [3.05, 3.63) is 0 Å². The van der Waals surface area contributed by atoms with E-state index in [1.54, 1.807) is 0 Å². The molecule has 2 rings (SSSR count). The first kappa shape index (κ1) is 13.4. The minimum Gasteiger partial charge on any atom is -0.310 e. The fraction of sp³-hybridized carbons (Fsp3) is 1.00. The van der Waals surface area contributed by atoms with Gasteiger partial charge in [-0.15, -0.1) is 0 Å². The fourth-order valence-corrected chi connectivity index (χ4v) is 3.81. The van der Waals surface area contributed by atoms with Crippen LogP contribution in [-0.4, -0.2) is 36.1 Å². The van der Waals surface area contributed by atoms with Crippen LogP contribution in [0, 0.1) is 5.92 Å². The van der Waals surface area contributed by atoms with Crippen LogP contribution in [0.4, 0.5) is 0 Å². The molecule has 0 spiro atoms. The van der Waals surface area contributed by atoms with E-state index in [2.05, 4.69) is 31.0 Å². The summed E-state index contributed by atoms with van der Waals surface area (Å²) >= 11 is 0. The highest BCUT2D eigenvalue weighted by Gasteiger charge is 2.36. The molecular formula is C15H30N2. The fourth-order valence-electron chi connectivity index (χ4n) is 3.81. The van der Waals surface area contributed by atoms with Crippen LogP contribution in [0.1, 0.15) is 59.3 Å². The molecule has 2 heterocycles. The van der Waals surface area contributed by atoms with E-state index in [0.717, 1.165) is 12.0 Å². The zero-order valence-electron chi connectivity index (χ0n) is 12.0. The molecule has 2 fully saturated rings.